The van der Waals surface area contributed by atoms with Crippen molar-refractivity contribution in [1.82, 2.24) is 9.62 Å². The Bertz CT molecular complexity index is 1920. The van der Waals surface area contributed by atoms with Crippen LogP contribution in [-0.4, -0.2) is 38.1 Å². The Balaban J connectivity index is 1.24. The summed E-state index contributed by atoms with van der Waals surface area (Å²) in [6.07, 6.45) is -0.950. The average molecular weight is 677 g/mol. The number of hydrogen-bond donors (Lipinski definition) is 2. The van der Waals surface area contributed by atoms with Crippen molar-refractivity contribution >= 4 is 10.0 Å². The van der Waals surface area contributed by atoms with Gasteiger partial charge in [-0.15, -0.1) is 0 Å². The molecule has 0 aromatic heterocycles. The lowest BCUT2D eigenvalue weighted by atomic mass is 9.89. The topological polar surface area (TPSA) is 88.1 Å². The van der Waals surface area contributed by atoms with Gasteiger partial charge in [0.2, 0.25) is 10.0 Å². The van der Waals surface area contributed by atoms with Crippen molar-refractivity contribution in [2.45, 2.75) is 56.4 Å². The summed E-state index contributed by atoms with van der Waals surface area (Å²) in [5.41, 5.74) is 6.85. The lowest BCUT2D eigenvalue weighted by Crippen LogP contribution is -2.44. The second-order valence-corrected chi connectivity index (χ2v) is 14.6. The van der Waals surface area contributed by atoms with Crippen LogP contribution in [0.25, 0.3) is 11.1 Å². The summed E-state index contributed by atoms with van der Waals surface area (Å²) in [5.74, 6) is 0.0566. The van der Waals surface area contributed by atoms with E-state index in [0.717, 1.165) is 33.4 Å². The first-order valence-corrected chi connectivity index (χ1v) is 18.2. The van der Waals surface area contributed by atoms with Crippen LogP contribution in [0.2, 0.25) is 0 Å². The molecule has 0 saturated carbocycles. The second kappa shape index (κ2) is 15.6. The predicted octanol–water partition coefficient (Wildman–Crippen LogP) is 7.81. The van der Waals surface area contributed by atoms with Crippen LogP contribution in [0.5, 0.6) is 0 Å². The lowest BCUT2D eigenvalue weighted by Gasteiger charge is -2.43. The number of hydrogen-bond acceptors (Lipinski definition) is 6. The monoisotopic (exact) mass is 676 g/mol. The molecule has 5 atom stereocenters. The first kappa shape index (κ1) is 34.7. The minimum absolute atomic E-state index is 0.00915. The highest BCUT2D eigenvalue weighted by atomic mass is 32.2. The highest BCUT2D eigenvalue weighted by molar-refractivity contribution is 7.89. The minimum Gasteiger partial charge on any atom is -0.392 e. The maximum Gasteiger partial charge on any atom is 0.240 e. The molecule has 0 amide bonds. The van der Waals surface area contributed by atoms with Crippen LogP contribution in [0.1, 0.15) is 60.1 Å². The van der Waals surface area contributed by atoms with Gasteiger partial charge >= 0.3 is 0 Å². The number of sulfonamides is 1. The van der Waals surface area contributed by atoms with Crippen LogP contribution in [0.3, 0.4) is 0 Å². The number of benzene rings is 5. The molecule has 6 rings (SSSR count). The fourth-order valence-electron chi connectivity index (χ4n) is 6.34. The number of nitrogens with zero attached hydrogens (tertiary/aromatic N) is 1. The molecule has 1 fully saturated rings. The number of nitrogens with one attached hydrogen (secondary N) is 1. The van der Waals surface area contributed by atoms with Gasteiger partial charge in [0, 0.05) is 30.6 Å². The van der Waals surface area contributed by atoms with E-state index in [1.54, 1.807) is 30.3 Å². The zero-order chi connectivity index (χ0) is 34.4. The van der Waals surface area contributed by atoms with E-state index >= 15 is 0 Å². The van der Waals surface area contributed by atoms with Crippen LogP contribution in [0.15, 0.2) is 138 Å². The van der Waals surface area contributed by atoms with Gasteiger partial charge in [-0.2, -0.15) is 0 Å². The highest BCUT2D eigenvalue weighted by Crippen LogP contribution is 2.43. The van der Waals surface area contributed by atoms with E-state index in [-0.39, 0.29) is 42.2 Å². The molecule has 254 valence electrons. The van der Waals surface area contributed by atoms with Gasteiger partial charge in [-0.1, -0.05) is 116 Å². The van der Waals surface area contributed by atoms with Crippen molar-refractivity contribution in [3.05, 3.63) is 161 Å². The van der Waals surface area contributed by atoms with Crippen LogP contribution in [-0.2, 0) is 32.6 Å². The Morgan fingerprint density at radius 2 is 1.41 bits per heavy atom. The lowest BCUT2D eigenvalue weighted by molar-refractivity contribution is -0.276. The predicted molar refractivity (Wildman–Crippen MR) is 193 cm³/mol. The summed E-state index contributed by atoms with van der Waals surface area (Å²) >= 11 is 0. The standard InChI is InChI=1S/C41H44N2O5S/c1-29-39(27-43(3)30(2)33-13-6-4-7-14-33)47-41(48-40(29)34-22-20-31(28-44)21-23-34)37-17-11-16-36(25-37)35-15-10-12-32(24-35)26-42-49(45,46)38-18-8-5-9-19-38/h4-25,29-30,39-42,44H,26-28H2,1-3H3/t29-,30+,39+,40+,41+/m1/s1. The zero-order valence-corrected chi connectivity index (χ0v) is 29.0. The van der Waals surface area contributed by atoms with E-state index in [2.05, 4.69) is 60.8 Å². The van der Waals surface area contributed by atoms with Gasteiger partial charge in [0.05, 0.1) is 23.7 Å². The first-order valence-electron chi connectivity index (χ1n) is 16.7. The van der Waals surface area contributed by atoms with Crippen LogP contribution < -0.4 is 4.72 Å². The minimum atomic E-state index is -3.63. The summed E-state index contributed by atoms with van der Waals surface area (Å²) in [4.78, 5) is 2.57. The number of rotatable bonds is 12. The van der Waals surface area contributed by atoms with Gasteiger partial charge in [-0.05, 0) is 71.6 Å². The van der Waals surface area contributed by atoms with E-state index in [1.165, 1.54) is 5.56 Å². The Morgan fingerprint density at radius 1 is 0.755 bits per heavy atom. The molecule has 5 aromatic carbocycles. The smallest absolute Gasteiger partial charge is 0.240 e. The second-order valence-electron chi connectivity index (χ2n) is 12.8. The van der Waals surface area contributed by atoms with Gasteiger partial charge in [0.25, 0.3) is 0 Å². The summed E-state index contributed by atoms with van der Waals surface area (Å²) in [5, 5.41) is 9.63. The molecule has 0 aliphatic carbocycles. The first-order chi connectivity index (χ1) is 23.7. The molecule has 1 aliphatic rings. The highest BCUT2D eigenvalue weighted by Gasteiger charge is 2.39. The maximum atomic E-state index is 12.8. The number of likely N-dealkylation sites (N-methyl/N-ethyl adjacent to an activating group) is 1. The third-order valence-corrected chi connectivity index (χ3v) is 10.9. The quantitative estimate of drug-likeness (QED) is 0.140. The summed E-state index contributed by atoms with van der Waals surface area (Å²) < 4.78 is 41.9. The molecule has 7 nitrogen and oxygen atoms in total. The Labute approximate surface area is 290 Å². The van der Waals surface area contributed by atoms with Crippen molar-refractivity contribution < 1.29 is 23.0 Å². The molecule has 2 N–H and O–H groups in total. The van der Waals surface area contributed by atoms with Crippen LogP contribution >= 0.6 is 0 Å². The van der Waals surface area contributed by atoms with E-state index in [0.29, 0.717) is 6.54 Å². The molecule has 0 radical (unpaired) electrons. The van der Waals surface area contributed by atoms with E-state index in [9.17, 15) is 13.5 Å². The van der Waals surface area contributed by atoms with Crippen molar-refractivity contribution in [2.24, 2.45) is 5.92 Å². The molecule has 1 saturated heterocycles. The molecule has 1 aliphatic heterocycles. The van der Waals surface area contributed by atoms with E-state index in [1.807, 2.05) is 72.8 Å². The van der Waals surface area contributed by atoms with Crippen LogP contribution in [0.4, 0.5) is 0 Å². The third-order valence-electron chi connectivity index (χ3n) is 9.47. The molecule has 0 bridgehead atoms. The van der Waals surface area contributed by atoms with Gasteiger partial charge < -0.3 is 14.6 Å². The third kappa shape index (κ3) is 8.36. The maximum absolute atomic E-state index is 12.8. The Hall–Kier alpha value is -4.15. The van der Waals surface area contributed by atoms with Crippen molar-refractivity contribution in [3.8, 4) is 11.1 Å². The summed E-state index contributed by atoms with van der Waals surface area (Å²) in [6.45, 7) is 5.27. The van der Waals surface area contributed by atoms with Crippen LogP contribution in [0, 0.1) is 5.92 Å². The number of aliphatic hydroxyl groups is 1. The number of aliphatic hydroxyl groups excluding tert-OH is 1. The molecule has 8 heteroatoms. The summed E-state index contributed by atoms with van der Waals surface area (Å²) in [6, 6.07) is 43.1. The fraction of sp³-hybridized carbons (Fsp3) is 0.268. The molecule has 1 heterocycles. The van der Waals surface area contributed by atoms with E-state index in [4.69, 9.17) is 9.47 Å². The normalized spacial score (nSPS) is 20.3. The zero-order valence-electron chi connectivity index (χ0n) is 28.1. The Morgan fingerprint density at radius 3 is 2.10 bits per heavy atom. The van der Waals surface area contributed by atoms with Gasteiger partial charge in [0.1, 0.15) is 0 Å². The largest absolute Gasteiger partial charge is 0.392 e. The molecule has 0 spiro atoms. The molecular formula is C41H44N2O5S. The van der Waals surface area contributed by atoms with Crippen molar-refractivity contribution in [1.29, 1.82) is 0 Å². The fourth-order valence-corrected chi connectivity index (χ4v) is 7.38. The average Bonchev–Trinajstić information content (AvgIpc) is 3.15. The Kier molecular flexibility index (Phi) is 11.0. The molecular weight excluding hydrogens is 633 g/mol. The molecule has 5 aromatic rings. The summed E-state index contributed by atoms with van der Waals surface area (Å²) in [7, 11) is -1.49. The van der Waals surface area contributed by atoms with Gasteiger partial charge in [-0.25, -0.2) is 13.1 Å². The van der Waals surface area contributed by atoms with Crippen molar-refractivity contribution in [3.63, 3.8) is 0 Å². The van der Waals surface area contributed by atoms with Gasteiger partial charge in [0.15, 0.2) is 6.29 Å². The van der Waals surface area contributed by atoms with E-state index < -0.39 is 16.3 Å². The number of ether oxygens (including phenoxy) is 2. The molecule has 0 unspecified atom stereocenters. The molecule has 49 heavy (non-hydrogen) atoms. The SMILES string of the molecule is C[C@@H]1[C@H](CN(C)[C@@H](C)c2ccccc2)O[C@H](c2cccc(-c3cccc(CNS(=O)(=O)c4ccccc4)c3)c2)O[C@@H]1c1ccc(CO)cc1. The van der Waals surface area contributed by atoms with Gasteiger partial charge in [-0.3, -0.25) is 4.90 Å². The van der Waals surface area contributed by atoms with Crippen molar-refractivity contribution in [2.75, 3.05) is 13.6 Å².